The van der Waals surface area contributed by atoms with Crippen LogP contribution < -0.4 is 0 Å². The first-order chi connectivity index (χ1) is 12.8. The molecular weight excluding hydrogens is 324 g/mol. The minimum Gasteiger partial charge on any atom is -0.150 e. The van der Waals surface area contributed by atoms with Crippen LogP contribution >= 0.6 is 0 Å². The van der Waals surface area contributed by atoms with E-state index >= 15 is 0 Å². The van der Waals surface area contributed by atoms with E-state index in [9.17, 15) is 0 Å². The number of hydrogen-bond acceptors (Lipinski definition) is 4. The van der Waals surface area contributed by atoms with Gasteiger partial charge in [-0.15, -0.1) is 20.4 Å². The van der Waals surface area contributed by atoms with Crippen LogP contribution in [0.2, 0.25) is 0 Å². The minimum atomic E-state index is 0.704. The molecule has 0 fully saturated rings. The van der Waals surface area contributed by atoms with Gasteiger partial charge in [-0.25, -0.2) is 0 Å². The highest BCUT2D eigenvalue weighted by atomic mass is 15.5. The van der Waals surface area contributed by atoms with Crippen molar-refractivity contribution in [2.24, 2.45) is 0 Å². The van der Waals surface area contributed by atoms with Crippen molar-refractivity contribution in [3.05, 3.63) is 86.0 Å². The molecular formula is C20H16N6. The second-order valence-corrected chi connectivity index (χ2v) is 5.56. The molecule has 126 valence electrons. The summed E-state index contributed by atoms with van der Waals surface area (Å²) in [6.07, 6.45) is 7.07. The Balaban J connectivity index is 1.81. The summed E-state index contributed by atoms with van der Waals surface area (Å²) in [4.78, 5) is 3.12. The van der Waals surface area contributed by atoms with Crippen molar-refractivity contribution in [3.63, 3.8) is 0 Å². The van der Waals surface area contributed by atoms with Gasteiger partial charge in [0.25, 0.3) is 0 Å². The molecule has 2 heterocycles. The van der Waals surface area contributed by atoms with Crippen molar-refractivity contribution >= 4 is 33.5 Å². The standard InChI is InChI=1S/C20H16N6/c1-3-9-16(26-23-19-12-7-8-13-20(19)24-26)14-15(4-2)25-21-17-10-5-6-11-18(17)22-25/h3-14H,1-2H2/b15-14+,16-9+. The lowest BCUT2D eigenvalue weighted by Crippen LogP contribution is -2.04. The van der Waals surface area contributed by atoms with Crippen molar-refractivity contribution in [2.45, 2.75) is 0 Å². The smallest absolute Gasteiger partial charge is 0.113 e. The third kappa shape index (κ3) is 2.84. The van der Waals surface area contributed by atoms with Crippen LogP contribution in [0.15, 0.2) is 86.0 Å². The molecule has 4 rings (SSSR count). The minimum absolute atomic E-state index is 0.704. The first kappa shape index (κ1) is 15.7. The number of hydrogen-bond donors (Lipinski definition) is 0. The van der Waals surface area contributed by atoms with Gasteiger partial charge in [-0.3, -0.25) is 0 Å². The molecule has 0 unspecified atom stereocenters. The molecule has 0 bridgehead atoms. The highest BCUT2D eigenvalue weighted by Gasteiger charge is 2.08. The predicted octanol–water partition coefficient (Wildman–Crippen LogP) is 3.93. The predicted molar refractivity (Wildman–Crippen MR) is 104 cm³/mol. The van der Waals surface area contributed by atoms with Gasteiger partial charge >= 0.3 is 0 Å². The summed E-state index contributed by atoms with van der Waals surface area (Å²) < 4.78 is 0. The van der Waals surface area contributed by atoms with Crippen LogP contribution in [0.1, 0.15) is 0 Å². The second kappa shape index (κ2) is 6.60. The zero-order chi connectivity index (χ0) is 17.9. The van der Waals surface area contributed by atoms with E-state index in [1.54, 1.807) is 21.7 Å². The van der Waals surface area contributed by atoms with Crippen molar-refractivity contribution in [2.75, 3.05) is 0 Å². The summed E-state index contributed by atoms with van der Waals surface area (Å²) in [5.41, 5.74) is 4.70. The van der Waals surface area contributed by atoms with Crippen LogP contribution in [0.4, 0.5) is 0 Å². The van der Waals surface area contributed by atoms with Gasteiger partial charge in [0, 0.05) is 0 Å². The quantitative estimate of drug-likeness (QED) is 0.517. The molecule has 0 aliphatic carbocycles. The maximum Gasteiger partial charge on any atom is 0.113 e. The number of fused-ring (bicyclic) bond motifs is 2. The average molecular weight is 340 g/mol. The van der Waals surface area contributed by atoms with Gasteiger partial charge < -0.3 is 0 Å². The lowest BCUT2D eigenvalue weighted by atomic mass is 10.3. The Kier molecular flexibility index (Phi) is 3.99. The highest BCUT2D eigenvalue weighted by Crippen LogP contribution is 2.17. The van der Waals surface area contributed by atoms with E-state index in [1.807, 2.05) is 60.7 Å². The fourth-order valence-corrected chi connectivity index (χ4v) is 2.59. The zero-order valence-corrected chi connectivity index (χ0v) is 14.0. The summed E-state index contributed by atoms with van der Waals surface area (Å²) >= 11 is 0. The fourth-order valence-electron chi connectivity index (χ4n) is 2.59. The van der Waals surface area contributed by atoms with Crippen molar-refractivity contribution in [1.82, 2.24) is 30.0 Å². The van der Waals surface area contributed by atoms with Crippen LogP contribution in [-0.4, -0.2) is 30.0 Å². The molecule has 2 aromatic heterocycles. The summed E-state index contributed by atoms with van der Waals surface area (Å²) in [5, 5.41) is 18.0. The molecule has 4 aromatic rings. The molecule has 0 aliphatic heterocycles. The van der Waals surface area contributed by atoms with Crippen molar-refractivity contribution in [1.29, 1.82) is 0 Å². The van der Waals surface area contributed by atoms with E-state index in [1.165, 1.54) is 0 Å². The third-order valence-corrected chi connectivity index (χ3v) is 3.83. The molecule has 6 nitrogen and oxygen atoms in total. The van der Waals surface area contributed by atoms with Gasteiger partial charge in [-0.2, -0.15) is 9.59 Å². The molecule has 0 saturated heterocycles. The monoisotopic (exact) mass is 340 g/mol. The third-order valence-electron chi connectivity index (χ3n) is 3.83. The maximum atomic E-state index is 4.52. The lowest BCUT2D eigenvalue weighted by Gasteiger charge is -2.03. The van der Waals surface area contributed by atoms with Gasteiger partial charge in [-0.1, -0.05) is 43.5 Å². The number of rotatable bonds is 5. The lowest BCUT2D eigenvalue weighted by molar-refractivity contribution is 0.777. The van der Waals surface area contributed by atoms with Gasteiger partial charge in [0.15, 0.2) is 0 Å². The normalized spacial score (nSPS) is 12.6. The largest absolute Gasteiger partial charge is 0.150 e. The first-order valence-electron chi connectivity index (χ1n) is 8.10. The molecule has 0 radical (unpaired) electrons. The molecule has 26 heavy (non-hydrogen) atoms. The SMILES string of the molecule is C=C/C=C(\C=C(/C=C)n1nc2ccccc2n1)n1nc2ccccc2n1. The number of nitrogens with zero attached hydrogens (tertiary/aromatic N) is 6. The van der Waals surface area contributed by atoms with E-state index in [0.717, 1.165) is 27.8 Å². The van der Waals surface area contributed by atoms with Gasteiger partial charge in [0.05, 0.1) is 11.4 Å². The Bertz CT molecular complexity index is 1110. The Morgan fingerprint density at radius 1 is 0.692 bits per heavy atom. The average Bonchev–Trinajstić information content (AvgIpc) is 3.28. The van der Waals surface area contributed by atoms with E-state index in [0.29, 0.717) is 5.70 Å². The van der Waals surface area contributed by atoms with E-state index < -0.39 is 0 Å². The molecule has 0 atom stereocenters. The second-order valence-electron chi connectivity index (χ2n) is 5.56. The molecule has 6 heteroatoms. The number of benzene rings is 2. The van der Waals surface area contributed by atoms with Crippen LogP contribution in [0.3, 0.4) is 0 Å². The van der Waals surface area contributed by atoms with Gasteiger partial charge in [-0.05, 0) is 42.5 Å². The molecule has 0 N–H and O–H groups in total. The number of allylic oxidation sites excluding steroid dienone is 6. The van der Waals surface area contributed by atoms with E-state index in [2.05, 4.69) is 33.6 Å². The molecule has 0 saturated carbocycles. The van der Waals surface area contributed by atoms with Crippen LogP contribution in [0.25, 0.3) is 33.5 Å². The molecule has 2 aromatic carbocycles. The fraction of sp³-hybridized carbons (Fsp3) is 0. The Morgan fingerprint density at radius 3 is 1.50 bits per heavy atom. The van der Waals surface area contributed by atoms with Gasteiger partial charge in [0.1, 0.15) is 22.1 Å². The summed E-state index contributed by atoms with van der Waals surface area (Å²) in [6, 6.07) is 15.4. The van der Waals surface area contributed by atoms with Crippen molar-refractivity contribution in [3.8, 4) is 0 Å². The Labute approximate surface area is 150 Å². The van der Waals surface area contributed by atoms with Crippen LogP contribution in [-0.2, 0) is 0 Å². The number of aromatic nitrogens is 6. The highest BCUT2D eigenvalue weighted by molar-refractivity contribution is 5.78. The topological polar surface area (TPSA) is 61.4 Å². The summed E-state index contributed by atoms with van der Waals surface area (Å²) in [7, 11) is 0. The van der Waals surface area contributed by atoms with Crippen molar-refractivity contribution < 1.29 is 0 Å². The van der Waals surface area contributed by atoms with E-state index in [-0.39, 0.29) is 0 Å². The van der Waals surface area contributed by atoms with Crippen LogP contribution in [0.5, 0.6) is 0 Å². The van der Waals surface area contributed by atoms with E-state index in [4.69, 9.17) is 0 Å². The summed E-state index contributed by atoms with van der Waals surface area (Å²) in [6.45, 7) is 7.67. The molecule has 0 aliphatic rings. The first-order valence-corrected chi connectivity index (χ1v) is 8.10. The summed E-state index contributed by atoms with van der Waals surface area (Å²) in [5.74, 6) is 0. The maximum absolute atomic E-state index is 4.52. The van der Waals surface area contributed by atoms with Gasteiger partial charge in [0.2, 0.25) is 0 Å². The Hall–Kier alpha value is -3.80. The van der Waals surface area contributed by atoms with Crippen LogP contribution in [0, 0.1) is 0 Å². The zero-order valence-electron chi connectivity index (χ0n) is 14.0. The molecule has 0 spiro atoms. The molecule has 0 amide bonds. The Morgan fingerprint density at radius 2 is 1.12 bits per heavy atom.